The van der Waals surface area contributed by atoms with Gasteiger partial charge in [0.15, 0.2) is 6.67 Å². The third kappa shape index (κ3) is 2.41. The van der Waals surface area contributed by atoms with Crippen molar-refractivity contribution in [1.29, 1.82) is 0 Å². The molecule has 1 heterocycles. The van der Waals surface area contributed by atoms with Gasteiger partial charge in [-0.1, -0.05) is 6.07 Å². The van der Waals surface area contributed by atoms with Crippen molar-refractivity contribution >= 4 is 11.6 Å². The number of hydrogen-bond acceptors (Lipinski definition) is 2. The molecule has 0 aromatic heterocycles. The van der Waals surface area contributed by atoms with Crippen molar-refractivity contribution < 1.29 is 18.0 Å². The number of nitrogens with zero attached hydrogens (tertiary/aromatic N) is 2. The Hall–Kier alpha value is -1.86. The van der Waals surface area contributed by atoms with Crippen LogP contribution in [-0.4, -0.2) is 24.5 Å². The molecule has 0 N–H and O–H groups in total. The van der Waals surface area contributed by atoms with Gasteiger partial charge in [-0.25, -0.2) is 0 Å². The number of rotatable bonds is 1. The molecule has 7 heteroatoms. The Morgan fingerprint density at radius 1 is 1.35 bits per heavy atom. The minimum absolute atomic E-state index is 0.0482. The predicted molar refractivity (Wildman–Crippen MR) is 68.0 cm³/mol. The molecule has 1 aromatic rings. The lowest BCUT2D eigenvalue weighted by molar-refractivity contribution is -0.137. The van der Waals surface area contributed by atoms with Gasteiger partial charge in [-0.2, -0.15) is 13.2 Å². The van der Waals surface area contributed by atoms with E-state index in [9.17, 15) is 23.2 Å². The summed E-state index contributed by atoms with van der Waals surface area (Å²) >= 11 is 0. The van der Waals surface area contributed by atoms with Crippen molar-refractivity contribution in [3.8, 4) is 0 Å². The summed E-state index contributed by atoms with van der Waals surface area (Å²) in [6, 6.07) is 4.27. The lowest BCUT2D eigenvalue weighted by Crippen LogP contribution is -2.53. The second kappa shape index (κ2) is 4.60. The fraction of sp³-hybridized carbons (Fsp3) is 0.308. The maximum atomic E-state index is 12.8. The first kappa shape index (κ1) is 14.5. The van der Waals surface area contributed by atoms with Crippen LogP contribution in [0.1, 0.15) is 12.5 Å². The molecule has 1 amide bonds. The van der Waals surface area contributed by atoms with Gasteiger partial charge in [0, 0.05) is 20.0 Å². The third-order valence-corrected chi connectivity index (χ3v) is 3.28. The topological polar surface area (TPSA) is 43.4 Å². The number of quaternary nitrogens is 1. The normalized spacial score (nSPS) is 23.8. The number of hydrogen-bond donors (Lipinski definition) is 0. The molecule has 0 fully saturated rings. The van der Waals surface area contributed by atoms with Gasteiger partial charge in [0.2, 0.25) is 0 Å². The lowest BCUT2D eigenvalue weighted by atomic mass is 10.1. The van der Waals surface area contributed by atoms with E-state index in [1.807, 2.05) is 0 Å². The van der Waals surface area contributed by atoms with Gasteiger partial charge in [-0.05, 0) is 12.1 Å². The molecule has 1 aliphatic heterocycles. The molecular formula is C13H13F3N2O2. The molecule has 1 unspecified atom stereocenters. The molecule has 0 aliphatic carbocycles. The van der Waals surface area contributed by atoms with Crippen LogP contribution in [0.15, 0.2) is 36.0 Å². The van der Waals surface area contributed by atoms with Crippen LogP contribution in [0.4, 0.5) is 18.9 Å². The van der Waals surface area contributed by atoms with Crippen molar-refractivity contribution in [3.05, 3.63) is 46.8 Å². The monoisotopic (exact) mass is 286 g/mol. The van der Waals surface area contributed by atoms with Crippen LogP contribution in [0.3, 0.4) is 0 Å². The SMILES string of the molecule is CC1=CC(=O)N(C)C[N+]1([O-])c1cccc(C(F)(F)F)c1. The second-order valence-corrected chi connectivity index (χ2v) is 4.75. The zero-order valence-electron chi connectivity index (χ0n) is 10.9. The molecule has 2 rings (SSSR count). The summed E-state index contributed by atoms with van der Waals surface area (Å²) < 4.78 is 37.0. The summed E-state index contributed by atoms with van der Waals surface area (Å²) in [6.45, 7) is 1.20. The molecule has 0 radical (unpaired) electrons. The fourth-order valence-electron chi connectivity index (χ4n) is 2.07. The lowest BCUT2D eigenvalue weighted by Gasteiger charge is -2.46. The van der Waals surface area contributed by atoms with Crippen molar-refractivity contribution in [1.82, 2.24) is 9.55 Å². The van der Waals surface area contributed by atoms with Crippen LogP contribution in [0.2, 0.25) is 0 Å². The summed E-state index contributed by atoms with van der Waals surface area (Å²) in [5.41, 5.74) is -0.768. The summed E-state index contributed by atoms with van der Waals surface area (Å²) in [6.07, 6.45) is -3.36. The minimum Gasteiger partial charge on any atom is -0.621 e. The number of hydroxylamine groups is 2. The van der Waals surface area contributed by atoms with Gasteiger partial charge in [0.1, 0.15) is 11.4 Å². The standard InChI is InChI=1S/C13H13F3N2O2/c1-9-6-12(19)17(2)8-18(9,20)11-5-3-4-10(7-11)13(14,15)16/h3-7H,8H2,1-2H3. The summed E-state index contributed by atoms with van der Waals surface area (Å²) in [5, 5.41) is 12.8. The van der Waals surface area contributed by atoms with Gasteiger partial charge in [-0.15, -0.1) is 0 Å². The van der Waals surface area contributed by atoms with E-state index < -0.39 is 16.4 Å². The molecule has 0 spiro atoms. The highest BCUT2D eigenvalue weighted by molar-refractivity contribution is 5.89. The van der Waals surface area contributed by atoms with Crippen LogP contribution >= 0.6 is 0 Å². The Balaban J connectivity index is 2.50. The highest BCUT2D eigenvalue weighted by Gasteiger charge is 2.35. The first-order valence-electron chi connectivity index (χ1n) is 5.85. The molecule has 4 nitrogen and oxygen atoms in total. The third-order valence-electron chi connectivity index (χ3n) is 3.28. The van der Waals surface area contributed by atoms with E-state index in [2.05, 4.69) is 0 Å². The molecular weight excluding hydrogens is 273 g/mol. The number of carbonyl (C=O) groups is 1. The Labute approximate surface area is 113 Å². The Morgan fingerprint density at radius 2 is 2.00 bits per heavy atom. The molecule has 0 saturated carbocycles. The molecule has 1 aliphatic rings. The quantitative estimate of drug-likeness (QED) is 0.588. The zero-order valence-corrected chi connectivity index (χ0v) is 10.9. The maximum Gasteiger partial charge on any atom is 0.416 e. The number of likely N-dealkylation sites (N-methyl/N-ethyl adjacent to an activating group) is 1. The molecule has 108 valence electrons. The summed E-state index contributed by atoms with van der Waals surface area (Å²) in [5.74, 6) is -0.334. The van der Waals surface area contributed by atoms with Gasteiger partial charge in [0.05, 0.1) is 11.6 Å². The fourth-order valence-corrected chi connectivity index (χ4v) is 2.07. The number of amides is 1. The first-order valence-corrected chi connectivity index (χ1v) is 5.85. The first-order chi connectivity index (χ1) is 9.14. The average molecular weight is 286 g/mol. The van der Waals surface area contributed by atoms with Crippen molar-refractivity contribution in [2.24, 2.45) is 0 Å². The Kier molecular flexibility index (Phi) is 3.35. The molecule has 0 bridgehead atoms. The summed E-state index contributed by atoms with van der Waals surface area (Å²) in [4.78, 5) is 12.7. The van der Waals surface area contributed by atoms with E-state index in [-0.39, 0.29) is 24.0 Å². The summed E-state index contributed by atoms with van der Waals surface area (Å²) in [7, 11) is 1.43. The van der Waals surface area contributed by atoms with E-state index >= 15 is 0 Å². The maximum absolute atomic E-state index is 12.8. The highest BCUT2D eigenvalue weighted by atomic mass is 19.4. The molecule has 0 saturated heterocycles. The van der Waals surface area contributed by atoms with E-state index in [0.717, 1.165) is 18.2 Å². The molecule has 20 heavy (non-hydrogen) atoms. The van der Waals surface area contributed by atoms with Crippen LogP contribution in [0.25, 0.3) is 0 Å². The Bertz CT molecular complexity index is 583. The highest BCUT2D eigenvalue weighted by Crippen LogP contribution is 2.36. The number of carbonyl (C=O) groups excluding carboxylic acids is 1. The van der Waals surface area contributed by atoms with Crippen LogP contribution in [0, 0.1) is 5.21 Å². The number of benzene rings is 1. The van der Waals surface area contributed by atoms with E-state index in [1.54, 1.807) is 0 Å². The predicted octanol–water partition coefficient (Wildman–Crippen LogP) is 2.84. The van der Waals surface area contributed by atoms with Gasteiger partial charge >= 0.3 is 6.18 Å². The van der Waals surface area contributed by atoms with E-state index in [4.69, 9.17) is 0 Å². The Morgan fingerprint density at radius 3 is 2.60 bits per heavy atom. The van der Waals surface area contributed by atoms with Crippen molar-refractivity contribution in [2.75, 3.05) is 13.7 Å². The van der Waals surface area contributed by atoms with Crippen molar-refractivity contribution in [3.63, 3.8) is 0 Å². The van der Waals surface area contributed by atoms with Gasteiger partial charge in [-0.3, -0.25) is 14.3 Å². The van der Waals surface area contributed by atoms with Gasteiger partial charge < -0.3 is 5.21 Å². The molecule has 1 aromatic carbocycles. The van der Waals surface area contributed by atoms with Crippen LogP contribution < -0.4 is 4.65 Å². The molecule has 1 atom stereocenters. The number of allylic oxidation sites excluding steroid dienone is 1. The number of alkyl halides is 3. The van der Waals surface area contributed by atoms with Crippen LogP contribution in [0.5, 0.6) is 0 Å². The largest absolute Gasteiger partial charge is 0.621 e. The van der Waals surface area contributed by atoms with Crippen LogP contribution in [-0.2, 0) is 11.0 Å². The van der Waals surface area contributed by atoms with Gasteiger partial charge in [0.25, 0.3) is 5.91 Å². The number of halogens is 3. The van der Waals surface area contributed by atoms with E-state index in [0.29, 0.717) is 0 Å². The zero-order chi connectivity index (χ0) is 15.1. The van der Waals surface area contributed by atoms with Crippen molar-refractivity contribution in [2.45, 2.75) is 13.1 Å². The smallest absolute Gasteiger partial charge is 0.416 e. The minimum atomic E-state index is -4.51. The van der Waals surface area contributed by atoms with E-state index in [1.165, 1.54) is 31.0 Å². The average Bonchev–Trinajstić information content (AvgIpc) is 2.36. The second-order valence-electron chi connectivity index (χ2n) is 4.75.